The van der Waals surface area contributed by atoms with Crippen LogP contribution in [0.3, 0.4) is 0 Å². The van der Waals surface area contributed by atoms with E-state index in [1.807, 2.05) is 32.0 Å². The van der Waals surface area contributed by atoms with Gasteiger partial charge in [0.1, 0.15) is 11.5 Å². The molecule has 9 nitrogen and oxygen atoms in total. The number of aliphatic hydroxyl groups excluding tert-OH is 1. The van der Waals surface area contributed by atoms with Gasteiger partial charge in [0.2, 0.25) is 0 Å². The average Bonchev–Trinajstić information content (AvgIpc) is 3.06. The summed E-state index contributed by atoms with van der Waals surface area (Å²) in [7, 11) is 3.74. The van der Waals surface area contributed by atoms with E-state index in [0.29, 0.717) is 42.3 Å². The number of benzene rings is 3. The third kappa shape index (κ3) is 9.79. The Morgan fingerprint density at radius 2 is 1.83 bits per heavy atom. The highest BCUT2D eigenvalue weighted by molar-refractivity contribution is 6.05. The Morgan fingerprint density at radius 3 is 2.52 bits per heavy atom. The largest absolute Gasteiger partial charge is 0.497 e. The molecule has 3 aromatic rings. The van der Waals surface area contributed by atoms with Crippen molar-refractivity contribution >= 4 is 17.5 Å². The van der Waals surface area contributed by atoms with Gasteiger partial charge in [0.25, 0.3) is 11.8 Å². The summed E-state index contributed by atoms with van der Waals surface area (Å²) in [5.41, 5.74) is 2.52. The smallest absolute Gasteiger partial charge is 0.258 e. The van der Waals surface area contributed by atoms with Gasteiger partial charge >= 0.3 is 0 Å². The van der Waals surface area contributed by atoms with Crippen molar-refractivity contribution in [3.05, 3.63) is 89.5 Å². The number of nitrogens with zero attached hydrogens (tertiary/aromatic N) is 2. The lowest BCUT2D eigenvalue weighted by atomic mass is 10.0. The van der Waals surface area contributed by atoms with Gasteiger partial charge in [-0.2, -0.15) is 0 Å². The molecule has 2 N–H and O–H groups in total. The topological polar surface area (TPSA) is 101 Å². The van der Waals surface area contributed by atoms with Gasteiger partial charge in [-0.25, -0.2) is 0 Å². The maximum absolute atomic E-state index is 14.4. The number of carbonyl (C=O) groups excluding carboxylic acids is 2. The normalized spacial score (nSPS) is 20.3. The van der Waals surface area contributed by atoms with E-state index < -0.39 is 6.04 Å². The zero-order valence-corrected chi connectivity index (χ0v) is 27.8. The lowest BCUT2D eigenvalue weighted by Gasteiger charge is -2.36. The molecular formula is C37H49N3O6. The van der Waals surface area contributed by atoms with Crippen molar-refractivity contribution in [3.8, 4) is 11.5 Å². The molecule has 0 aliphatic carbocycles. The Labute approximate surface area is 273 Å². The van der Waals surface area contributed by atoms with Crippen LogP contribution < -0.4 is 14.8 Å². The van der Waals surface area contributed by atoms with E-state index in [4.69, 9.17) is 14.2 Å². The monoisotopic (exact) mass is 631 g/mol. The van der Waals surface area contributed by atoms with E-state index in [2.05, 4.69) is 36.3 Å². The minimum absolute atomic E-state index is 0.0385. The molecule has 0 saturated carbocycles. The Bertz CT molecular complexity index is 1400. The fourth-order valence-corrected chi connectivity index (χ4v) is 5.67. The molecular weight excluding hydrogens is 582 g/mol. The molecule has 0 saturated heterocycles. The zero-order chi connectivity index (χ0) is 33.1. The minimum Gasteiger partial charge on any atom is -0.497 e. The number of amides is 2. The van der Waals surface area contributed by atoms with Crippen LogP contribution in [0.25, 0.3) is 0 Å². The second-order valence-electron chi connectivity index (χ2n) is 12.4. The van der Waals surface area contributed by atoms with Crippen LogP contribution in [0.15, 0.2) is 72.8 Å². The number of fused-ring (bicyclic) bond motifs is 1. The molecule has 1 aliphatic heterocycles. The fraction of sp³-hybridized carbons (Fsp3) is 0.459. The van der Waals surface area contributed by atoms with Crippen LogP contribution in [0.4, 0.5) is 5.69 Å². The molecule has 248 valence electrons. The fourth-order valence-electron chi connectivity index (χ4n) is 5.67. The van der Waals surface area contributed by atoms with Crippen molar-refractivity contribution in [2.24, 2.45) is 5.92 Å². The maximum Gasteiger partial charge on any atom is 0.258 e. The summed E-state index contributed by atoms with van der Waals surface area (Å²) in [6, 6.07) is 21.7. The van der Waals surface area contributed by atoms with E-state index in [1.165, 1.54) is 5.56 Å². The van der Waals surface area contributed by atoms with Crippen molar-refractivity contribution in [1.29, 1.82) is 0 Å². The SMILES string of the molecule is COc1ccc(CN(C)C[C@@H]2OCCCC[C@H](C)Oc3ccc(NC(=O)c4ccccc4)cc3C(=O)N([C@H](C)CO)C[C@@H]2C)cc1. The highest BCUT2D eigenvalue weighted by atomic mass is 16.5. The third-order valence-electron chi connectivity index (χ3n) is 8.45. The highest BCUT2D eigenvalue weighted by Crippen LogP contribution is 2.29. The summed E-state index contributed by atoms with van der Waals surface area (Å²) < 4.78 is 18.1. The Morgan fingerprint density at radius 1 is 1.09 bits per heavy atom. The standard InChI is InChI=1S/C37H49N3O6/c1-26-22-40(27(2)25-41)37(43)33-21-31(38-36(42)30-12-7-6-8-13-30)16-19-34(33)46-28(3)11-9-10-20-45-35(26)24-39(4)23-29-14-17-32(44-5)18-15-29/h6-8,12-19,21,26-28,35,41H,9-11,20,22-25H2,1-5H3,(H,38,42)/t26-,27+,28-,35-/m0/s1. The van der Waals surface area contributed by atoms with E-state index in [9.17, 15) is 14.7 Å². The average molecular weight is 632 g/mol. The van der Waals surface area contributed by atoms with Crippen molar-refractivity contribution in [2.45, 2.75) is 64.8 Å². The summed E-state index contributed by atoms with van der Waals surface area (Å²) in [5, 5.41) is 13.2. The lowest BCUT2D eigenvalue weighted by Crippen LogP contribution is -2.47. The van der Waals surface area contributed by atoms with Gasteiger partial charge in [0.15, 0.2) is 0 Å². The van der Waals surface area contributed by atoms with E-state index in [0.717, 1.165) is 31.6 Å². The number of ether oxygens (including phenoxy) is 3. The van der Waals surface area contributed by atoms with Crippen LogP contribution >= 0.6 is 0 Å². The molecule has 1 aliphatic rings. The Kier molecular flexibility index (Phi) is 13.0. The summed E-state index contributed by atoms with van der Waals surface area (Å²) in [5.74, 6) is 0.708. The molecule has 1 heterocycles. The van der Waals surface area contributed by atoms with Crippen LogP contribution in [-0.4, -0.2) is 85.4 Å². The lowest BCUT2D eigenvalue weighted by molar-refractivity contribution is -0.0177. The predicted molar refractivity (Wildman–Crippen MR) is 181 cm³/mol. The Balaban J connectivity index is 1.59. The van der Waals surface area contributed by atoms with Crippen LogP contribution in [0.1, 0.15) is 66.3 Å². The molecule has 0 unspecified atom stereocenters. The maximum atomic E-state index is 14.4. The van der Waals surface area contributed by atoms with Crippen molar-refractivity contribution in [3.63, 3.8) is 0 Å². The molecule has 9 heteroatoms. The van der Waals surface area contributed by atoms with Gasteiger partial charge in [-0.15, -0.1) is 0 Å². The second-order valence-corrected chi connectivity index (χ2v) is 12.4. The van der Waals surface area contributed by atoms with Gasteiger partial charge in [-0.1, -0.05) is 37.3 Å². The van der Waals surface area contributed by atoms with E-state index >= 15 is 0 Å². The Hall–Kier alpha value is -3.92. The zero-order valence-electron chi connectivity index (χ0n) is 27.8. The number of likely N-dealkylation sites (N-methyl/N-ethyl adjacent to an activating group) is 1. The molecule has 3 aromatic carbocycles. The quantitative estimate of drug-likeness (QED) is 0.305. The van der Waals surface area contributed by atoms with Gasteiger partial charge in [0, 0.05) is 43.4 Å². The third-order valence-corrected chi connectivity index (χ3v) is 8.45. The molecule has 46 heavy (non-hydrogen) atoms. The molecule has 0 fully saturated rings. The van der Waals surface area contributed by atoms with Crippen LogP contribution in [0.5, 0.6) is 11.5 Å². The molecule has 0 radical (unpaired) electrons. The van der Waals surface area contributed by atoms with Crippen molar-refractivity contribution < 1.29 is 28.9 Å². The molecule has 0 bridgehead atoms. The first-order chi connectivity index (χ1) is 22.2. The first-order valence-corrected chi connectivity index (χ1v) is 16.2. The number of carbonyl (C=O) groups is 2. The summed E-state index contributed by atoms with van der Waals surface area (Å²) in [4.78, 5) is 31.2. The predicted octanol–water partition coefficient (Wildman–Crippen LogP) is 5.88. The number of rotatable bonds is 9. The van der Waals surface area contributed by atoms with Crippen LogP contribution in [0, 0.1) is 5.92 Å². The van der Waals surface area contributed by atoms with Crippen molar-refractivity contribution in [2.75, 3.05) is 45.8 Å². The first kappa shape index (κ1) is 34.9. The summed E-state index contributed by atoms with van der Waals surface area (Å²) in [6.45, 7) is 8.14. The van der Waals surface area contributed by atoms with Gasteiger partial charge in [0.05, 0.1) is 37.5 Å². The van der Waals surface area contributed by atoms with Crippen LogP contribution in [-0.2, 0) is 11.3 Å². The number of hydrogen-bond acceptors (Lipinski definition) is 7. The minimum atomic E-state index is -0.451. The van der Waals surface area contributed by atoms with Crippen LogP contribution in [0.2, 0.25) is 0 Å². The molecule has 2 amide bonds. The highest BCUT2D eigenvalue weighted by Gasteiger charge is 2.30. The van der Waals surface area contributed by atoms with Gasteiger partial charge < -0.3 is 29.5 Å². The second kappa shape index (κ2) is 17.1. The van der Waals surface area contributed by atoms with E-state index in [-0.39, 0.29) is 36.5 Å². The summed E-state index contributed by atoms with van der Waals surface area (Å²) in [6.07, 6.45) is 2.35. The number of hydrogen-bond donors (Lipinski definition) is 2. The molecule has 4 atom stereocenters. The number of aliphatic hydroxyl groups is 1. The van der Waals surface area contributed by atoms with Gasteiger partial charge in [-0.3, -0.25) is 14.5 Å². The number of nitrogens with one attached hydrogen (secondary N) is 1. The first-order valence-electron chi connectivity index (χ1n) is 16.2. The molecule has 4 rings (SSSR count). The number of methoxy groups -OCH3 is 1. The summed E-state index contributed by atoms with van der Waals surface area (Å²) >= 11 is 0. The molecule has 0 spiro atoms. The molecule has 0 aromatic heterocycles. The van der Waals surface area contributed by atoms with E-state index in [1.54, 1.807) is 54.5 Å². The van der Waals surface area contributed by atoms with Gasteiger partial charge in [-0.05, 0) is 88.2 Å². The van der Waals surface area contributed by atoms with Crippen molar-refractivity contribution in [1.82, 2.24) is 9.80 Å². The number of anilines is 1.